The Morgan fingerprint density at radius 2 is 2.11 bits per heavy atom. The Balaban J connectivity index is 2.72. The lowest BCUT2D eigenvalue weighted by Crippen LogP contribution is -2.44. The van der Waals surface area contributed by atoms with Crippen LogP contribution in [-0.2, 0) is 14.3 Å². The van der Waals surface area contributed by atoms with Crippen LogP contribution in [0, 0.1) is 6.92 Å². The van der Waals surface area contributed by atoms with E-state index in [2.05, 4.69) is 10.1 Å². The minimum absolute atomic E-state index is 0.0462. The van der Waals surface area contributed by atoms with Crippen molar-refractivity contribution in [1.82, 2.24) is 5.32 Å². The summed E-state index contributed by atoms with van der Waals surface area (Å²) >= 11 is 5.97. The predicted molar refractivity (Wildman–Crippen MR) is 71.3 cm³/mol. The van der Waals surface area contributed by atoms with E-state index in [0.29, 0.717) is 10.8 Å². The minimum Gasteiger partial charge on any atom is -0.489 e. The first kappa shape index (κ1) is 15.3. The van der Waals surface area contributed by atoms with E-state index in [0.717, 1.165) is 5.56 Å². The van der Waals surface area contributed by atoms with Crippen molar-refractivity contribution < 1.29 is 19.1 Å². The van der Waals surface area contributed by atoms with Crippen LogP contribution in [0.4, 0.5) is 0 Å². The van der Waals surface area contributed by atoms with Crippen molar-refractivity contribution in [2.45, 2.75) is 19.9 Å². The Bertz CT molecular complexity index is 476. The highest BCUT2D eigenvalue weighted by atomic mass is 35.5. The Labute approximate surface area is 116 Å². The summed E-state index contributed by atoms with van der Waals surface area (Å²) in [5.74, 6) is -0.450. The third kappa shape index (κ3) is 4.79. The second-order valence-corrected chi connectivity index (χ2v) is 4.43. The van der Waals surface area contributed by atoms with Crippen LogP contribution in [0.3, 0.4) is 0 Å². The smallest absolute Gasteiger partial charge is 0.331 e. The van der Waals surface area contributed by atoms with Crippen molar-refractivity contribution in [2.24, 2.45) is 0 Å². The van der Waals surface area contributed by atoms with Crippen LogP contribution in [0.1, 0.15) is 12.5 Å². The molecule has 0 spiro atoms. The van der Waals surface area contributed by atoms with Crippen LogP contribution in [-0.4, -0.2) is 31.6 Å². The highest BCUT2D eigenvalue weighted by Gasteiger charge is 2.21. The van der Waals surface area contributed by atoms with Gasteiger partial charge in [0, 0.05) is 6.92 Å². The molecule has 0 aliphatic heterocycles. The summed E-state index contributed by atoms with van der Waals surface area (Å²) in [4.78, 5) is 22.5. The van der Waals surface area contributed by atoms with Gasteiger partial charge in [0.25, 0.3) is 0 Å². The second-order valence-electron chi connectivity index (χ2n) is 4.02. The van der Waals surface area contributed by atoms with Gasteiger partial charge in [-0.2, -0.15) is 0 Å². The number of hydrogen-bond acceptors (Lipinski definition) is 4. The van der Waals surface area contributed by atoms with Crippen LogP contribution < -0.4 is 10.1 Å². The van der Waals surface area contributed by atoms with E-state index >= 15 is 0 Å². The molecule has 5 nitrogen and oxygen atoms in total. The highest BCUT2D eigenvalue weighted by molar-refractivity contribution is 6.32. The first-order valence-corrected chi connectivity index (χ1v) is 6.05. The molecular formula is C13H16ClNO4. The molecule has 0 aliphatic carbocycles. The van der Waals surface area contributed by atoms with Gasteiger partial charge in [0.1, 0.15) is 12.4 Å². The van der Waals surface area contributed by atoms with E-state index < -0.39 is 12.0 Å². The molecule has 1 rings (SSSR count). The van der Waals surface area contributed by atoms with Gasteiger partial charge < -0.3 is 14.8 Å². The highest BCUT2D eigenvalue weighted by Crippen LogP contribution is 2.25. The van der Waals surface area contributed by atoms with Crippen LogP contribution in [0.5, 0.6) is 5.75 Å². The lowest BCUT2D eigenvalue weighted by atomic mass is 10.2. The molecule has 19 heavy (non-hydrogen) atoms. The van der Waals surface area contributed by atoms with Gasteiger partial charge in [-0.15, -0.1) is 0 Å². The molecule has 104 valence electrons. The molecule has 1 amide bonds. The third-order valence-electron chi connectivity index (χ3n) is 2.36. The molecular weight excluding hydrogens is 270 g/mol. The molecule has 1 unspecified atom stereocenters. The topological polar surface area (TPSA) is 64.6 Å². The summed E-state index contributed by atoms with van der Waals surface area (Å²) in [5.41, 5.74) is 0.980. The summed E-state index contributed by atoms with van der Waals surface area (Å²) in [5, 5.41) is 2.90. The van der Waals surface area contributed by atoms with Crippen molar-refractivity contribution in [1.29, 1.82) is 0 Å². The van der Waals surface area contributed by atoms with E-state index in [1.54, 1.807) is 12.1 Å². The fourth-order valence-electron chi connectivity index (χ4n) is 1.45. The van der Waals surface area contributed by atoms with E-state index in [-0.39, 0.29) is 12.5 Å². The quantitative estimate of drug-likeness (QED) is 0.837. The maximum atomic E-state index is 11.5. The van der Waals surface area contributed by atoms with Gasteiger partial charge in [-0.05, 0) is 24.6 Å². The molecule has 1 N–H and O–H groups in total. The lowest BCUT2D eigenvalue weighted by molar-refractivity contribution is -0.145. The van der Waals surface area contributed by atoms with Crippen molar-refractivity contribution >= 4 is 23.5 Å². The fourth-order valence-corrected chi connectivity index (χ4v) is 1.62. The normalized spacial score (nSPS) is 11.6. The molecule has 0 saturated carbocycles. The van der Waals surface area contributed by atoms with E-state index in [4.69, 9.17) is 16.3 Å². The molecule has 0 bridgehead atoms. The minimum atomic E-state index is -0.862. The number of methoxy groups -OCH3 is 1. The standard InChI is InChI=1S/C13H16ClNO4/c1-8-4-5-10(14)12(6-8)19-7-11(13(17)18-3)15-9(2)16/h4-6,11H,7H2,1-3H3,(H,15,16). The van der Waals surface area contributed by atoms with E-state index in [1.165, 1.54) is 14.0 Å². The van der Waals surface area contributed by atoms with E-state index in [1.807, 2.05) is 13.0 Å². The van der Waals surface area contributed by atoms with Gasteiger partial charge >= 0.3 is 5.97 Å². The third-order valence-corrected chi connectivity index (χ3v) is 2.67. The second kappa shape index (κ2) is 6.99. The zero-order valence-electron chi connectivity index (χ0n) is 11.0. The van der Waals surface area contributed by atoms with Crippen LogP contribution in [0.25, 0.3) is 0 Å². The number of nitrogens with one attached hydrogen (secondary N) is 1. The molecule has 0 aliphatic rings. The molecule has 0 aromatic heterocycles. The number of carbonyl (C=O) groups excluding carboxylic acids is 2. The number of hydrogen-bond donors (Lipinski definition) is 1. The number of ether oxygens (including phenoxy) is 2. The predicted octanol–water partition coefficient (Wildman–Crippen LogP) is 1.70. The van der Waals surface area contributed by atoms with E-state index in [9.17, 15) is 9.59 Å². The zero-order chi connectivity index (χ0) is 14.4. The first-order valence-electron chi connectivity index (χ1n) is 5.68. The summed E-state index contributed by atoms with van der Waals surface area (Å²) in [6.45, 7) is 3.17. The number of esters is 1. The molecule has 1 aromatic rings. The van der Waals surface area contributed by atoms with Gasteiger partial charge in [-0.25, -0.2) is 4.79 Å². The molecule has 0 fully saturated rings. The average molecular weight is 286 g/mol. The van der Waals surface area contributed by atoms with Crippen molar-refractivity contribution in [3.63, 3.8) is 0 Å². The summed E-state index contributed by atoms with van der Waals surface area (Å²) < 4.78 is 10.0. The van der Waals surface area contributed by atoms with Crippen LogP contribution >= 0.6 is 11.6 Å². The number of amides is 1. The molecule has 1 atom stereocenters. The summed E-state index contributed by atoms with van der Waals surface area (Å²) in [7, 11) is 1.25. The van der Waals surface area contributed by atoms with Crippen molar-refractivity contribution in [2.75, 3.05) is 13.7 Å². The molecule has 0 saturated heterocycles. The fraction of sp³-hybridized carbons (Fsp3) is 0.385. The average Bonchev–Trinajstić information content (AvgIpc) is 2.36. The number of benzene rings is 1. The van der Waals surface area contributed by atoms with Gasteiger partial charge in [0.05, 0.1) is 12.1 Å². The van der Waals surface area contributed by atoms with Crippen molar-refractivity contribution in [3.8, 4) is 5.75 Å². The SMILES string of the molecule is COC(=O)C(COc1cc(C)ccc1Cl)NC(C)=O. The summed E-state index contributed by atoms with van der Waals surface area (Å²) in [6.07, 6.45) is 0. The lowest BCUT2D eigenvalue weighted by Gasteiger charge is -2.17. The first-order chi connectivity index (χ1) is 8.93. The van der Waals surface area contributed by atoms with Gasteiger partial charge in [0.2, 0.25) is 5.91 Å². The number of aryl methyl sites for hydroxylation is 1. The monoisotopic (exact) mass is 285 g/mol. The molecule has 1 aromatic carbocycles. The molecule has 0 radical (unpaired) electrons. The van der Waals surface area contributed by atoms with Crippen molar-refractivity contribution in [3.05, 3.63) is 28.8 Å². The van der Waals surface area contributed by atoms with Gasteiger partial charge in [-0.3, -0.25) is 4.79 Å². The Hall–Kier alpha value is -1.75. The molecule has 6 heteroatoms. The van der Waals surface area contributed by atoms with Crippen LogP contribution in [0.2, 0.25) is 5.02 Å². The zero-order valence-corrected chi connectivity index (χ0v) is 11.8. The summed E-state index contributed by atoms with van der Waals surface area (Å²) in [6, 6.07) is 4.45. The Morgan fingerprint density at radius 3 is 2.68 bits per heavy atom. The van der Waals surface area contributed by atoms with Gasteiger partial charge in [0.15, 0.2) is 6.04 Å². The number of halogens is 1. The Kier molecular flexibility index (Phi) is 5.63. The molecule has 0 heterocycles. The van der Waals surface area contributed by atoms with Crippen LogP contribution in [0.15, 0.2) is 18.2 Å². The largest absolute Gasteiger partial charge is 0.489 e. The number of carbonyl (C=O) groups is 2. The maximum absolute atomic E-state index is 11.5. The Morgan fingerprint density at radius 1 is 1.42 bits per heavy atom. The maximum Gasteiger partial charge on any atom is 0.331 e. The van der Waals surface area contributed by atoms with Gasteiger partial charge in [-0.1, -0.05) is 17.7 Å². The number of rotatable bonds is 5.